The molecule has 0 bridgehead atoms. The van der Waals surface area contributed by atoms with Crippen LogP contribution in [0.1, 0.15) is 35.6 Å². The molecule has 3 nitrogen and oxygen atoms in total. The van der Waals surface area contributed by atoms with E-state index >= 15 is 0 Å². The minimum Gasteiger partial charge on any atom is -0.352 e. The second kappa shape index (κ2) is 9.84. The Kier molecular flexibility index (Phi) is 6.73. The number of hydrogen-bond acceptors (Lipinski definition) is 2. The monoisotopic (exact) mass is 420 g/mol. The van der Waals surface area contributed by atoms with Crippen LogP contribution in [-0.2, 0) is 17.9 Å². The minimum atomic E-state index is -0.312. The van der Waals surface area contributed by atoms with Crippen molar-refractivity contribution in [3.8, 4) is 0 Å². The molecule has 1 N–H and O–H groups in total. The predicted octanol–water partition coefficient (Wildman–Crippen LogP) is 5.23. The van der Waals surface area contributed by atoms with Crippen LogP contribution in [0.5, 0.6) is 0 Å². The second-order valence-corrected chi connectivity index (χ2v) is 8.07. The number of carbonyl (C=O) groups is 1. The molecule has 1 amide bonds. The number of rotatable bonds is 6. The number of amides is 1. The van der Waals surface area contributed by atoms with Gasteiger partial charge in [-0.05, 0) is 42.2 Å². The predicted molar refractivity (Wildman–Crippen MR) is 117 cm³/mol. The molecule has 2 unspecified atom stereocenters. The summed E-state index contributed by atoms with van der Waals surface area (Å²) >= 11 is 0. The van der Waals surface area contributed by atoms with Gasteiger partial charge >= 0.3 is 0 Å². The van der Waals surface area contributed by atoms with E-state index in [4.69, 9.17) is 0 Å². The third-order valence-electron chi connectivity index (χ3n) is 5.95. The zero-order chi connectivity index (χ0) is 21.6. The summed E-state index contributed by atoms with van der Waals surface area (Å²) in [5.74, 6) is -0.799. The molecule has 31 heavy (non-hydrogen) atoms. The Bertz CT molecular complexity index is 1010. The van der Waals surface area contributed by atoms with E-state index in [1.165, 1.54) is 23.8 Å². The summed E-state index contributed by atoms with van der Waals surface area (Å²) in [5, 5.41) is 2.90. The fourth-order valence-electron chi connectivity index (χ4n) is 4.28. The lowest BCUT2D eigenvalue weighted by Gasteiger charge is -2.39. The van der Waals surface area contributed by atoms with Gasteiger partial charge in [0.1, 0.15) is 11.6 Å². The highest BCUT2D eigenvalue weighted by atomic mass is 19.1. The topological polar surface area (TPSA) is 32.3 Å². The van der Waals surface area contributed by atoms with Crippen molar-refractivity contribution in [2.24, 2.45) is 5.92 Å². The van der Waals surface area contributed by atoms with Crippen LogP contribution in [-0.4, -0.2) is 17.4 Å². The number of likely N-dealkylation sites (tertiary alicyclic amines) is 1. The molecule has 1 aliphatic rings. The van der Waals surface area contributed by atoms with Gasteiger partial charge < -0.3 is 5.32 Å². The molecule has 2 atom stereocenters. The van der Waals surface area contributed by atoms with Crippen LogP contribution in [0, 0.1) is 17.6 Å². The van der Waals surface area contributed by atoms with Gasteiger partial charge in [-0.2, -0.15) is 0 Å². The number of nitrogens with zero attached hydrogens (tertiary/aromatic N) is 1. The van der Waals surface area contributed by atoms with E-state index in [1.54, 1.807) is 30.3 Å². The van der Waals surface area contributed by atoms with Gasteiger partial charge in [0.15, 0.2) is 0 Å². The fraction of sp³-hybridized carbons (Fsp3) is 0.269. The highest BCUT2D eigenvalue weighted by Gasteiger charge is 2.32. The van der Waals surface area contributed by atoms with Crippen molar-refractivity contribution in [3.05, 3.63) is 107 Å². The van der Waals surface area contributed by atoms with E-state index in [1.807, 2.05) is 18.2 Å². The Morgan fingerprint density at radius 1 is 0.903 bits per heavy atom. The molecule has 160 valence electrons. The first-order valence-electron chi connectivity index (χ1n) is 10.6. The highest BCUT2D eigenvalue weighted by molar-refractivity contribution is 5.79. The molecule has 1 aliphatic heterocycles. The lowest BCUT2D eigenvalue weighted by molar-refractivity contribution is -0.127. The molecule has 0 aromatic heterocycles. The molecule has 0 saturated carbocycles. The molecule has 0 aliphatic carbocycles. The van der Waals surface area contributed by atoms with Gasteiger partial charge in [0.05, 0.1) is 5.92 Å². The summed E-state index contributed by atoms with van der Waals surface area (Å²) in [6.07, 6.45) is 1.62. The Balaban J connectivity index is 1.46. The summed E-state index contributed by atoms with van der Waals surface area (Å²) in [6.45, 7) is 1.42. The number of hydrogen-bond donors (Lipinski definition) is 1. The molecular formula is C26H26F2N2O. The van der Waals surface area contributed by atoms with Crippen molar-refractivity contribution in [1.82, 2.24) is 10.2 Å². The maximum Gasteiger partial charge on any atom is 0.224 e. The van der Waals surface area contributed by atoms with Gasteiger partial charge in [-0.15, -0.1) is 0 Å². The zero-order valence-corrected chi connectivity index (χ0v) is 17.3. The smallest absolute Gasteiger partial charge is 0.224 e. The molecule has 4 rings (SSSR count). The number of halogens is 2. The second-order valence-electron chi connectivity index (χ2n) is 8.07. The normalized spacial score (nSPS) is 19.2. The van der Waals surface area contributed by atoms with Crippen molar-refractivity contribution < 1.29 is 13.6 Å². The number of nitrogens with one attached hydrogen (secondary N) is 1. The molecule has 0 spiro atoms. The van der Waals surface area contributed by atoms with E-state index in [9.17, 15) is 13.6 Å². The molecular weight excluding hydrogens is 394 g/mol. The maximum absolute atomic E-state index is 13.9. The lowest BCUT2D eigenvalue weighted by atomic mass is 9.88. The van der Waals surface area contributed by atoms with Crippen molar-refractivity contribution >= 4 is 5.91 Å². The van der Waals surface area contributed by atoms with Crippen LogP contribution in [0.25, 0.3) is 0 Å². The molecule has 1 saturated heterocycles. The van der Waals surface area contributed by atoms with Gasteiger partial charge in [-0.25, -0.2) is 8.78 Å². The van der Waals surface area contributed by atoms with Crippen molar-refractivity contribution in [2.45, 2.75) is 32.0 Å². The van der Waals surface area contributed by atoms with Crippen LogP contribution in [0.4, 0.5) is 8.78 Å². The van der Waals surface area contributed by atoms with Crippen LogP contribution in [0.2, 0.25) is 0 Å². The van der Waals surface area contributed by atoms with Crippen molar-refractivity contribution in [2.75, 3.05) is 6.54 Å². The SMILES string of the molecule is O=C(NCc1ccccc1F)C1CCC(c2ccccc2)N(Cc2ccc(F)cc2)C1. The quantitative estimate of drug-likeness (QED) is 0.592. The summed E-state index contributed by atoms with van der Waals surface area (Å²) in [4.78, 5) is 15.1. The zero-order valence-electron chi connectivity index (χ0n) is 17.3. The third-order valence-corrected chi connectivity index (χ3v) is 5.95. The molecule has 1 heterocycles. The summed E-state index contributed by atoms with van der Waals surface area (Å²) in [7, 11) is 0. The maximum atomic E-state index is 13.9. The van der Waals surface area contributed by atoms with E-state index in [0.29, 0.717) is 18.7 Å². The number of benzene rings is 3. The largest absolute Gasteiger partial charge is 0.352 e. The van der Waals surface area contributed by atoms with E-state index in [-0.39, 0.29) is 36.0 Å². The Hall–Kier alpha value is -3.05. The van der Waals surface area contributed by atoms with Gasteiger partial charge in [0, 0.05) is 31.2 Å². The van der Waals surface area contributed by atoms with Crippen LogP contribution < -0.4 is 5.32 Å². The third kappa shape index (κ3) is 5.36. The van der Waals surface area contributed by atoms with Crippen molar-refractivity contribution in [1.29, 1.82) is 0 Å². The van der Waals surface area contributed by atoms with Crippen LogP contribution in [0.3, 0.4) is 0 Å². The fourth-order valence-corrected chi connectivity index (χ4v) is 4.28. The molecule has 0 radical (unpaired) electrons. The standard InChI is InChI=1S/C26H26F2N2O/c27-23-13-10-19(11-14-23)17-30-18-22(12-15-25(30)20-6-2-1-3-7-20)26(31)29-16-21-8-4-5-9-24(21)28/h1-11,13-14,22,25H,12,15-18H2,(H,29,31). The summed E-state index contributed by atoms with van der Waals surface area (Å²) < 4.78 is 27.2. The first-order chi connectivity index (χ1) is 15.1. The van der Waals surface area contributed by atoms with Gasteiger partial charge in [-0.1, -0.05) is 60.7 Å². The average Bonchev–Trinajstić information content (AvgIpc) is 2.80. The lowest BCUT2D eigenvalue weighted by Crippen LogP contribution is -2.44. The average molecular weight is 421 g/mol. The van der Waals surface area contributed by atoms with E-state index < -0.39 is 0 Å². The Labute approximate surface area is 181 Å². The first-order valence-corrected chi connectivity index (χ1v) is 10.6. The molecule has 5 heteroatoms. The Morgan fingerprint density at radius 2 is 1.61 bits per heavy atom. The minimum absolute atomic E-state index is 0.0566. The van der Waals surface area contributed by atoms with Gasteiger partial charge in [0.2, 0.25) is 5.91 Å². The van der Waals surface area contributed by atoms with Crippen molar-refractivity contribution in [3.63, 3.8) is 0 Å². The van der Waals surface area contributed by atoms with Gasteiger partial charge in [0.25, 0.3) is 0 Å². The first kappa shape index (κ1) is 21.2. The Morgan fingerprint density at radius 3 is 2.35 bits per heavy atom. The highest BCUT2D eigenvalue weighted by Crippen LogP contribution is 2.34. The van der Waals surface area contributed by atoms with Gasteiger partial charge in [-0.3, -0.25) is 9.69 Å². The van der Waals surface area contributed by atoms with Crippen LogP contribution in [0.15, 0.2) is 78.9 Å². The summed E-state index contributed by atoms with van der Waals surface area (Å²) in [5.41, 5.74) is 2.71. The summed E-state index contributed by atoms with van der Waals surface area (Å²) in [6, 6.07) is 23.5. The number of piperidine rings is 1. The number of carbonyl (C=O) groups excluding carboxylic acids is 1. The molecule has 1 fully saturated rings. The van der Waals surface area contributed by atoms with Crippen LogP contribution >= 0.6 is 0 Å². The van der Waals surface area contributed by atoms with E-state index in [0.717, 1.165) is 18.4 Å². The molecule has 3 aromatic carbocycles. The van der Waals surface area contributed by atoms with E-state index in [2.05, 4.69) is 22.3 Å². The molecule has 3 aromatic rings.